The molecule has 3 aliphatic heterocycles. The number of unbranched alkanes of at least 4 members (excludes halogenated alkanes) is 1. The topological polar surface area (TPSA) is 189 Å². The molecule has 0 saturated carbocycles. The number of hydrogen-bond donors (Lipinski definition) is 3. The molecule has 0 radical (unpaired) electrons. The molecule has 0 aliphatic carbocycles. The van der Waals surface area contributed by atoms with Crippen molar-refractivity contribution >= 4 is 18.2 Å². The van der Waals surface area contributed by atoms with Crippen LogP contribution in [0.5, 0.6) is 0 Å². The minimum atomic E-state index is -1.42. The summed E-state index contributed by atoms with van der Waals surface area (Å²) in [4.78, 5) is 39.5. The molecular weight excluding hydrogens is 730 g/mol. The van der Waals surface area contributed by atoms with Crippen LogP contribution in [-0.4, -0.2) is 152 Å². The van der Waals surface area contributed by atoms with Crippen LogP contribution < -0.4 is 0 Å². The van der Waals surface area contributed by atoms with Crippen LogP contribution in [0.2, 0.25) is 0 Å². The summed E-state index contributed by atoms with van der Waals surface area (Å²) in [6.07, 6.45) is -1.16. The molecule has 3 N–H and O–H groups in total. The number of carbonyl (C=O) groups is 3. The lowest BCUT2D eigenvalue weighted by Gasteiger charge is -2.51. The van der Waals surface area contributed by atoms with Crippen molar-refractivity contribution < 1.29 is 67.6 Å². The van der Waals surface area contributed by atoms with E-state index in [2.05, 4.69) is 0 Å². The second kappa shape index (κ2) is 22.7. The Kier molecular flexibility index (Phi) is 19.5. The number of nitrogens with zero attached hydrogens (tertiary/aromatic N) is 1. The van der Waals surface area contributed by atoms with Crippen LogP contribution in [0.25, 0.3) is 0 Å². The minimum Gasteiger partial charge on any atom is -0.462 e. The van der Waals surface area contributed by atoms with Gasteiger partial charge in [-0.25, -0.2) is 0 Å². The van der Waals surface area contributed by atoms with E-state index in [1.807, 2.05) is 26.8 Å². The smallest absolute Gasteiger partial charge is 0.308 e. The van der Waals surface area contributed by atoms with Crippen molar-refractivity contribution in [2.75, 3.05) is 28.3 Å². The molecule has 3 heterocycles. The highest BCUT2D eigenvalue weighted by Gasteiger charge is 2.53. The van der Waals surface area contributed by atoms with Gasteiger partial charge in [0.2, 0.25) is 0 Å². The quantitative estimate of drug-likeness (QED) is 0.182. The average Bonchev–Trinajstić information content (AvgIpc) is 3.12. The van der Waals surface area contributed by atoms with Crippen molar-refractivity contribution in [3.63, 3.8) is 0 Å². The molecule has 3 aliphatic rings. The van der Waals surface area contributed by atoms with Gasteiger partial charge < -0.3 is 62.9 Å². The molecule has 2 saturated heterocycles. The summed E-state index contributed by atoms with van der Waals surface area (Å²) in [5.74, 6) is -1.97. The first kappa shape index (κ1) is 48.1. The molecule has 3 rings (SSSR count). The molecule has 0 aromatic rings. The molecule has 0 amide bonds. The fourth-order valence-corrected chi connectivity index (χ4v) is 7.96. The third kappa shape index (κ3) is 13.1. The van der Waals surface area contributed by atoms with Crippen LogP contribution in [0.3, 0.4) is 0 Å². The number of aldehydes is 1. The average molecular weight is 800 g/mol. The molecule has 0 spiro atoms. The first-order chi connectivity index (χ1) is 26.5. The number of cyclic esters (lactones) is 1. The van der Waals surface area contributed by atoms with Gasteiger partial charge in [0.25, 0.3) is 0 Å². The fraction of sp³-hybridized carbons (Fsp3) is 0.829. The van der Waals surface area contributed by atoms with Gasteiger partial charge in [0.05, 0.1) is 43.0 Å². The van der Waals surface area contributed by atoms with Crippen LogP contribution in [0.1, 0.15) is 92.9 Å². The number of esters is 2. The Morgan fingerprint density at radius 3 is 2.36 bits per heavy atom. The van der Waals surface area contributed by atoms with Crippen molar-refractivity contribution in [1.29, 1.82) is 0 Å². The van der Waals surface area contributed by atoms with E-state index in [4.69, 9.17) is 37.9 Å². The van der Waals surface area contributed by atoms with Crippen molar-refractivity contribution in [3.05, 3.63) is 24.3 Å². The number of allylic oxidation sites excluding steroid dienone is 2. The van der Waals surface area contributed by atoms with Gasteiger partial charge in [-0.05, 0) is 66.5 Å². The van der Waals surface area contributed by atoms with Gasteiger partial charge in [-0.1, -0.05) is 44.6 Å². The highest BCUT2D eigenvalue weighted by atomic mass is 16.7. The van der Waals surface area contributed by atoms with Crippen LogP contribution >= 0.6 is 0 Å². The standard InChI is InChI=1S/C41H69NO14/c1-11-12-18-31(46)54-39-27(5)52-33(23-41(39,6)50-10)55-36-26(4)53-40(35(48)34(36)42(7)8)56-37-28(19-20-43)21-24(2)29(44)17-15-13-14-16-25(3)51-32(47)22-30(45)38(37)49-9/h13-15,17,20,24-30,33-40,44-45,48H,11-12,16,18-19,21-23H2,1-10H3/b14-13+,17-15+/t24-,25-,26-,27+,28?,29+,30-,33+,34-,35-,36-,37+,38+,39+,40+,41-/m1/s1. The summed E-state index contributed by atoms with van der Waals surface area (Å²) in [6.45, 7) is 11.0. The first-order valence-electron chi connectivity index (χ1n) is 20.1. The molecule has 15 heteroatoms. The molecule has 322 valence electrons. The molecule has 0 aromatic carbocycles. The van der Waals surface area contributed by atoms with Crippen molar-refractivity contribution in [1.82, 2.24) is 4.90 Å². The molecule has 16 atom stereocenters. The number of ether oxygens (including phenoxy) is 8. The monoisotopic (exact) mass is 799 g/mol. The molecule has 2 fully saturated rings. The van der Waals surface area contributed by atoms with E-state index >= 15 is 0 Å². The third-order valence-corrected chi connectivity index (χ3v) is 11.2. The molecule has 56 heavy (non-hydrogen) atoms. The molecule has 0 aromatic heterocycles. The maximum atomic E-state index is 12.9. The van der Waals surface area contributed by atoms with Crippen molar-refractivity contribution in [3.8, 4) is 0 Å². The number of carbonyl (C=O) groups excluding carboxylic acids is 3. The van der Waals surface area contributed by atoms with E-state index in [1.54, 1.807) is 65.1 Å². The van der Waals surface area contributed by atoms with Gasteiger partial charge in [0, 0.05) is 39.9 Å². The van der Waals surface area contributed by atoms with Gasteiger partial charge in [-0.3, -0.25) is 9.59 Å². The van der Waals surface area contributed by atoms with Gasteiger partial charge >= 0.3 is 11.9 Å². The third-order valence-electron chi connectivity index (χ3n) is 11.2. The summed E-state index contributed by atoms with van der Waals surface area (Å²) in [5.41, 5.74) is -0.934. The fourth-order valence-electron chi connectivity index (χ4n) is 7.96. The van der Waals surface area contributed by atoms with E-state index in [0.717, 1.165) is 12.7 Å². The molecule has 15 nitrogen and oxygen atoms in total. The van der Waals surface area contributed by atoms with E-state index in [9.17, 15) is 29.7 Å². The number of hydrogen-bond acceptors (Lipinski definition) is 15. The summed E-state index contributed by atoms with van der Waals surface area (Å²) < 4.78 is 48.9. The predicted octanol–water partition coefficient (Wildman–Crippen LogP) is 3.24. The van der Waals surface area contributed by atoms with E-state index in [-0.39, 0.29) is 31.1 Å². The van der Waals surface area contributed by atoms with E-state index in [0.29, 0.717) is 19.3 Å². The number of rotatable bonds is 13. The van der Waals surface area contributed by atoms with Crippen LogP contribution in [0.4, 0.5) is 0 Å². The maximum Gasteiger partial charge on any atom is 0.308 e. The van der Waals surface area contributed by atoms with Crippen molar-refractivity contribution in [2.45, 2.75) is 178 Å². The van der Waals surface area contributed by atoms with Crippen LogP contribution in [-0.2, 0) is 52.3 Å². The molecular formula is C41H69NO14. The summed E-state index contributed by atoms with van der Waals surface area (Å²) >= 11 is 0. The molecule has 0 bridgehead atoms. The Morgan fingerprint density at radius 2 is 1.73 bits per heavy atom. The summed E-state index contributed by atoms with van der Waals surface area (Å²) in [7, 11) is 6.49. The molecule has 1 unspecified atom stereocenters. The summed E-state index contributed by atoms with van der Waals surface area (Å²) in [6, 6.07) is -0.710. The van der Waals surface area contributed by atoms with Gasteiger partial charge in [0.1, 0.15) is 36.3 Å². The second-order valence-corrected chi connectivity index (χ2v) is 16.0. The zero-order valence-electron chi connectivity index (χ0n) is 35.0. The lowest BCUT2D eigenvalue weighted by Crippen LogP contribution is -2.66. The van der Waals surface area contributed by atoms with Gasteiger partial charge in [-0.15, -0.1) is 0 Å². The first-order valence-corrected chi connectivity index (χ1v) is 20.1. The Bertz CT molecular complexity index is 1280. The van der Waals surface area contributed by atoms with E-state index < -0.39 is 104 Å². The van der Waals surface area contributed by atoms with Crippen LogP contribution in [0.15, 0.2) is 24.3 Å². The van der Waals surface area contributed by atoms with Gasteiger partial charge in [-0.2, -0.15) is 0 Å². The maximum absolute atomic E-state index is 12.9. The Morgan fingerprint density at radius 1 is 1.02 bits per heavy atom. The lowest BCUT2D eigenvalue weighted by molar-refractivity contribution is -0.345. The SMILES string of the molecule is CCCCC(=O)O[C@H]1[C@H](C)O[C@@H](O[C@H]2[C@H](N(C)C)[C@@H](O)[C@H](O[C@H]3C(CC=O)C[C@@H](C)[C@@H](O)/C=C/C=C/C[C@@H](C)OC(=O)C[C@@H](O)[C@@H]3OC)O[C@@H]2C)C[C@@]1(C)OC. The predicted molar refractivity (Wildman–Crippen MR) is 205 cm³/mol. The Labute approximate surface area is 332 Å². The highest BCUT2D eigenvalue weighted by molar-refractivity contribution is 5.70. The zero-order chi connectivity index (χ0) is 41.7. The van der Waals surface area contributed by atoms with Gasteiger partial charge in [0.15, 0.2) is 18.7 Å². The highest BCUT2D eigenvalue weighted by Crippen LogP contribution is 2.38. The van der Waals surface area contributed by atoms with E-state index in [1.165, 1.54) is 7.11 Å². The Balaban J connectivity index is 1.91. The lowest BCUT2D eigenvalue weighted by atomic mass is 9.82. The zero-order valence-corrected chi connectivity index (χ0v) is 35.0. The number of aliphatic hydroxyl groups excluding tert-OH is 3. The van der Waals surface area contributed by atoms with Crippen molar-refractivity contribution in [2.24, 2.45) is 11.8 Å². The normalized spacial score (nSPS) is 41.8. The largest absolute Gasteiger partial charge is 0.462 e. The number of methoxy groups -OCH3 is 2. The number of aliphatic hydroxyl groups is 3. The number of likely N-dealkylation sites (N-methyl/N-ethyl adjacent to an activating group) is 1. The summed E-state index contributed by atoms with van der Waals surface area (Å²) in [5, 5.41) is 34.5. The second-order valence-electron chi connectivity index (χ2n) is 16.0. The Hall–Kier alpha value is -2.31. The minimum absolute atomic E-state index is 0.0367. The van der Waals surface area contributed by atoms with Crippen LogP contribution in [0, 0.1) is 11.8 Å².